The second-order valence-electron chi connectivity index (χ2n) is 6.27. The lowest BCUT2D eigenvalue weighted by Crippen LogP contribution is -2.19. The first-order chi connectivity index (χ1) is 14.4. The van der Waals surface area contributed by atoms with Gasteiger partial charge in [0.2, 0.25) is 5.91 Å². The number of carbonyl (C=O) groups is 3. The van der Waals surface area contributed by atoms with Gasteiger partial charge in [-0.1, -0.05) is 12.1 Å². The number of ether oxygens (including phenoxy) is 1. The molecule has 154 valence electrons. The summed E-state index contributed by atoms with van der Waals surface area (Å²) in [4.78, 5) is 38.7. The number of carbonyl (C=O) groups excluding carboxylic acids is 2. The zero-order chi connectivity index (χ0) is 21.5. The summed E-state index contributed by atoms with van der Waals surface area (Å²) in [6.45, 7) is 1.53. The molecule has 1 saturated heterocycles. The molecule has 9 heteroatoms. The van der Waals surface area contributed by atoms with Gasteiger partial charge in [-0.2, -0.15) is 0 Å². The Morgan fingerprint density at radius 3 is 2.50 bits per heavy atom. The Labute approximate surface area is 177 Å². The van der Waals surface area contributed by atoms with E-state index in [1.54, 1.807) is 54.6 Å². The second kappa shape index (κ2) is 9.75. The van der Waals surface area contributed by atoms with Gasteiger partial charge in [-0.25, -0.2) is 4.99 Å². The molecule has 1 aliphatic rings. The third kappa shape index (κ3) is 6.21. The maximum absolute atomic E-state index is 12.2. The van der Waals surface area contributed by atoms with Gasteiger partial charge in [-0.05, 0) is 59.8 Å². The summed E-state index contributed by atoms with van der Waals surface area (Å²) in [7, 11) is 0. The number of aliphatic carboxylic acids is 1. The predicted molar refractivity (Wildman–Crippen MR) is 116 cm³/mol. The summed E-state index contributed by atoms with van der Waals surface area (Å²) in [6, 6.07) is 14.0. The van der Waals surface area contributed by atoms with Crippen LogP contribution in [0, 0.1) is 0 Å². The molecule has 0 atom stereocenters. The third-order valence-corrected chi connectivity index (χ3v) is 4.74. The topological polar surface area (TPSA) is 117 Å². The van der Waals surface area contributed by atoms with Gasteiger partial charge in [-0.3, -0.25) is 14.4 Å². The van der Waals surface area contributed by atoms with E-state index < -0.39 is 5.97 Å². The Hall–Kier alpha value is -3.59. The summed E-state index contributed by atoms with van der Waals surface area (Å²) in [5, 5.41) is 14.5. The Balaban J connectivity index is 1.63. The molecule has 0 unspecified atom stereocenters. The molecule has 30 heavy (non-hydrogen) atoms. The maximum Gasteiger partial charge on any atom is 0.306 e. The van der Waals surface area contributed by atoms with Crippen LogP contribution in [0.1, 0.15) is 18.9 Å². The molecule has 0 radical (unpaired) electrons. The number of nitrogens with one attached hydrogen (secondary N) is 2. The van der Waals surface area contributed by atoms with E-state index in [-0.39, 0.29) is 24.8 Å². The SMILES string of the molecule is CC(=O)Nc1ccc(N=C2NC(=O)/C(=C\c3ccc(OCCC(=O)O)cc3)S2)cc1. The van der Waals surface area contributed by atoms with E-state index in [4.69, 9.17) is 9.84 Å². The Morgan fingerprint density at radius 1 is 1.17 bits per heavy atom. The highest BCUT2D eigenvalue weighted by Gasteiger charge is 2.23. The van der Waals surface area contributed by atoms with Gasteiger partial charge in [-0.15, -0.1) is 0 Å². The molecule has 2 amide bonds. The number of amides is 2. The summed E-state index contributed by atoms with van der Waals surface area (Å²) >= 11 is 1.23. The molecule has 0 aromatic heterocycles. The lowest BCUT2D eigenvalue weighted by molar-refractivity contribution is -0.137. The average molecular weight is 425 g/mol. The first-order valence-corrected chi connectivity index (χ1v) is 9.82. The van der Waals surface area contributed by atoms with Crippen LogP contribution >= 0.6 is 11.8 Å². The highest BCUT2D eigenvalue weighted by atomic mass is 32.2. The van der Waals surface area contributed by atoms with E-state index in [1.807, 2.05) is 0 Å². The fraction of sp³-hybridized carbons (Fsp3) is 0.143. The predicted octanol–water partition coefficient (Wildman–Crippen LogP) is 3.39. The number of carboxylic acids is 1. The van der Waals surface area contributed by atoms with Crippen molar-refractivity contribution < 1.29 is 24.2 Å². The molecule has 0 aliphatic carbocycles. The highest BCUT2D eigenvalue weighted by Crippen LogP contribution is 2.28. The summed E-state index contributed by atoms with van der Waals surface area (Å²) in [5.41, 5.74) is 2.13. The molecule has 0 saturated carbocycles. The van der Waals surface area contributed by atoms with Crippen molar-refractivity contribution in [2.75, 3.05) is 11.9 Å². The molecule has 3 N–H and O–H groups in total. The van der Waals surface area contributed by atoms with E-state index in [2.05, 4.69) is 15.6 Å². The second-order valence-corrected chi connectivity index (χ2v) is 7.30. The van der Waals surface area contributed by atoms with Gasteiger partial charge in [0.1, 0.15) is 5.75 Å². The van der Waals surface area contributed by atoms with Gasteiger partial charge in [0.05, 0.1) is 23.6 Å². The molecule has 2 aromatic carbocycles. The van der Waals surface area contributed by atoms with E-state index in [9.17, 15) is 14.4 Å². The van der Waals surface area contributed by atoms with Crippen molar-refractivity contribution in [1.82, 2.24) is 5.32 Å². The van der Waals surface area contributed by atoms with Crippen molar-refractivity contribution in [2.24, 2.45) is 4.99 Å². The molecular weight excluding hydrogens is 406 g/mol. The summed E-state index contributed by atoms with van der Waals surface area (Å²) in [6.07, 6.45) is 1.67. The van der Waals surface area contributed by atoms with Crippen LogP contribution in [0.4, 0.5) is 11.4 Å². The molecule has 8 nitrogen and oxygen atoms in total. The Bertz CT molecular complexity index is 1010. The van der Waals surface area contributed by atoms with Gasteiger partial charge in [0, 0.05) is 12.6 Å². The van der Waals surface area contributed by atoms with Crippen molar-refractivity contribution in [1.29, 1.82) is 0 Å². The van der Waals surface area contributed by atoms with Crippen molar-refractivity contribution >= 4 is 52.2 Å². The number of thioether (sulfide) groups is 1. The van der Waals surface area contributed by atoms with E-state index >= 15 is 0 Å². The lowest BCUT2D eigenvalue weighted by Gasteiger charge is -2.04. The molecule has 3 rings (SSSR count). The van der Waals surface area contributed by atoms with Crippen molar-refractivity contribution in [2.45, 2.75) is 13.3 Å². The minimum absolute atomic E-state index is 0.0688. The largest absolute Gasteiger partial charge is 0.493 e. The average Bonchev–Trinajstić information content (AvgIpc) is 3.03. The summed E-state index contributed by atoms with van der Waals surface area (Å²) in [5.74, 6) is -0.744. The monoisotopic (exact) mass is 425 g/mol. The highest BCUT2D eigenvalue weighted by molar-refractivity contribution is 8.18. The molecule has 1 heterocycles. The number of anilines is 1. The van der Waals surface area contributed by atoms with Crippen LogP contribution < -0.4 is 15.4 Å². The molecule has 1 fully saturated rings. The van der Waals surface area contributed by atoms with E-state index in [0.29, 0.717) is 27.2 Å². The standard InChI is InChI=1S/C21H19N3O5S/c1-13(25)22-15-4-6-16(7-5-15)23-21-24-20(28)18(30-21)12-14-2-8-17(9-3-14)29-11-10-19(26)27/h2-9,12H,10-11H2,1H3,(H,22,25)(H,26,27)(H,23,24,28)/b18-12+. The normalized spacial score (nSPS) is 15.8. The van der Waals surface area contributed by atoms with Crippen molar-refractivity contribution in [3.8, 4) is 5.75 Å². The van der Waals surface area contributed by atoms with Gasteiger partial charge in [0.25, 0.3) is 5.91 Å². The smallest absolute Gasteiger partial charge is 0.306 e. The lowest BCUT2D eigenvalue weighted by atomic mass is 10.2. The number of aliphatic imine (C=N–C) groups is 1. The zero-order valence-corrected chi connectivity index (χ0v) is 16.9. The van der Waals surface area contributed by atoms with Crippen LogP contribution in [0.5, 0.6) is 5.75 Å². The number of hydrogen-bond donors (Lipinski definition) is 3. The molecule has 0 spiro atoms. The number of rotatable bonds is 7. The van der Waals surface area contributed by atoms with E-state index in [0.717, 1.165) is 5.56 Å². The minimum Gasteiger partial charge on any atom is -0.493 e. The number of benzene rings is 2. The van der Waals surface area contributed by atoms with Crippen molar-refractivity contribution in [3.05, 3.63) is 59.0 Å². The number of nitrogens with zero attached hydrogens (tertiary/aromatic N) is 1. The first kappa shape index (κ1) is 21.1. The summed E-state index contributed by atoms with van der Waals surface area (Å²) < 4.78 is 5.35. The molecule has 0 bridgehead atoms. The van der Waals surface area contributed by atoms with Gasteiger partial charge in [0.15, 0.2) is 5.17 Å². The molecular formula is C21H19N3O5S. The van der Waals surface area contributed by atoms with Crippen LogP contribution in [0.25, 0.3) is 6.08 Å². The molecule has 2 aromatic rings. The van der Waals surface area contributed by atoms with Crippen LogP contribution in [-0.4, -0.2) is 34.7 Å². The van der Waals surface area contributed by atoms with Gasteiger partial charge >= 0.3 is 5.97 Å². The number of amidine groups is 1. The first-order valence-electron chi connectivity index (χ1n) is 9.01. The number of carboxylic acid groups (broad SMARTS) is 1. The Kier molecular flexibility index (Phi) is 6.87. The molecule has 1 aliphatic heterocycles. The third-order valence-electron chi connectivity index (χ3n) is 3.83. The van der Waals surface area contributed by atoms with Crippen LogP contribution in [0.3, 0.4) is 0 Å². The fourth-order valence-electron chi connectivity index (χ4n) is 2.49. The fourth-order valence-corrected chi connectivity index (χ4v) is 3.33. The zero-order valence-electron chi connectivity index (χ0n) is 16.0. The number of hydrogen-bond acceptors (Lipinski definition) is 6. The van der Waals surface area contributed by atoms with Crippen LogP contribution in [0.2, 0.25) is 0 Å². The Morgan fingerprint density at radius 2 is 1.87 bits per heavy atom. The van der Waals surface area contributed by atoms with Crippen molar-refractivity contribution in [3.63, 3.8) is 0 Å². The van der Waals surface area contributed by atoms with Gasteiger partial charge < -0.3 is 20.5 Å². The van der Waals surface area contributed by atoms with E-state index in [1.165, 1.54) is 18.7 Å². The van der Waals surface area contributed by atoms with Crippen LogP contribution in [-0.2, 0) is 14.4 Å². The van der Waals surface area contributed by atoms with Crippen LogP contribution in [0.15, 0.2) is 58.4 Å². The minimum atomic E-state index is -0.915. The maximum atomic E-state index is 12.2. The quantitative estimate of drug-likeness (QED) is 0.586.